The lowest BCUT2D eigenvalue weighted by atomic mass is 10.2. The molecule has 0 spiro atoms. The van der Waals surface area contributed by atoms with Crippen LogP contribution in [0.15, 0.2) is 17.5 Å². The van der Waals surface area contributed by atoms with Gasteiger partial charge in [-0.3, -0.25) is 0 Å². The minimum absolute atomic E-state index is 0.392. The van der Waals surface area contributed by atoms with Gasteiger partial charge in [-0.15, -0.1) is 11.3 Å². The molecule has 1 saturated carbocycles. The molecule has 2 atom stereocenters. The Morgan fingerprint density at radius 1 is 1.56 bits per heavy atom. The van der Waals surface area contributed by atoms with Gasteiger partial charge in [0.25, 0.3) is 0 Å². The Balaban J connectivity index is 1.60. The van der Waals surface area contributed by atoms with E-state index < -0.39 is 6.10 Å². The van der Waals surface area contributed by atoms with Crippen LogP contribution in [0.4, 0.5) is 0 Å². The highest BCUT2D eigenvalue weighted by molar-refractivity contribution is 7.09. The van der Waals surface area contributed by atoms with E-state index in [1.54, 1.807) is 11.3 Å². The Morgan fingerprint density at radius 2 is 2.33 bits per heavy atom. The van der Waals surface area contributed by atoms with Gasteiger partial charge in [0.2, 0.25) is 0 Å². The van der Waals surface area contributed by atoms with Gasteiger partial charge in [-0.1, -0.05) is 6.07 Å². The Hall–Kier alpha value is -0.420. The second kappa shape index (κ2) is 6.66. The Morgan fingerprint density at radius 3 is 2.94 bits per heavy atom. The van der Waals surface area contributed by atoms with E-state index in [0.717, 1.165) is 5.92 Å². The van der Waals surface area contributed by atoms with Crippen molar-refractivity contribution in [3.05, 3.63) is 22.4 Å². The van der Waals surface area contributed by atoms with Gasteiger partial charge in [-0.25, -0.2) is 0 Å². The fraction of sp³-hybridized carbons (Fsp3) is 0.714. The van der Waals surface area contributed by atoms with E-state index in [-0.39, 0.29) is 0 Å². The molecule has 1 aromatic heterocycles. The summed E-state index contributed by atoms with van der Waals surface area (Å²) in [6.07, 6.45) is 2.30. The van der Waals surface area contributed by atoms with Crippen molar-refractivity contribution in [1.82, 2.24) is 4.90 Å². The molecule has 1 heterocycles. The molecular weight excluding hydrogens is 246 g/mol. The summed E-state index contributed by atoms with van der Waals surface area (Å²) in [5.74, 6) is 0.842. The third-order valence-electron chi connectivity index (χ3n) is 3.63. The molecule has 18 heavy (non-hydrogen) atoms. The summed E-state index contributed by atoms with van der Waals surface area (Å²) in [6.45, 7) is 3.97. The Labute approximate surface area is 113 Å². The molecule has 0 aliphatic heterocycles. The van der Waals surface area contributed by atoms with Crippen LogP contribution in [0.1, 0.15) is 24.6 Å². The van der Waals surface area contributed by atoms with E-state index in [0.29, 0.717) is 25.8 Å². The van der Waals surface area contributed by atoms with Gasteiger partial charge in [-0.05, 0) is 44.2 Å². The van der Waals surface area contributed by atoms with E-state index in [1.165, 1.54) is 17.7 Å². The highest BCUT2D eigenvalue weighted by Gasteiger charge is 2.30. The molecule has 1 N–H and O–H groups in total. The number of rotatable bonds is 8. The largest absolute Gasteiger partial charge is 0.389 e. The molecule has 2 unspecified atom stereocenters. The van der Waals surface area contributed by atoms with Crippen LogP contribution < -0.4 is 0 Å². The molecule has 1 aromatic rings. The molecule has 1 fully saturated rings. The number of thiophene rings is 1. The van der Waals surface area contributed by atoms with Crippen molar-refractivity contribution >= 4 is 11.3 Å². The van der Waals surface area contributed by atoms with Gasteiger partial charge in [0.1, 0.15) is 0 Å². The fourth-order valence-corrected chi connectivity index (χ4v) is 2.82. The monoisotopic (exact) mass is 269 g/mol. The standard InChI is InChI=1S/C14H23NO2S/c1-11(12-5-6-12)15(2)8-13(16)9-17-10-14-4-3-7-18-14/h3-4,7,11-13,16H,5-6,8-10H2,1-2H3. The number of aliphatic hydroxyl groups is 1. The van der Waals surface area contributed by atoms with Crippen LogP contribution in [0.3, 0.4) is 0 Å². The molecule has 0 saturated heterocycles. The van der Waals surface area contributed by atoms with Crippen molar-refractivity contribution in [1.29, 1.82) is 0 Å². The van der Waals surface area contributed by atoms with Crippen molar-refractivity contribution in [3.8, 4) is 0 Å². The first kappa shape index (κ1) is 14.0. The Bertz CT molecular complexity index is 338. The maximum absolute atomic E-state index is 9.94. The van der Waals surface area contributed by atoms with Crippen LogP contribution >= 0.6 is 11.3 Å². The lowest BCUT2D eigenvalue weighted by Gasteiger charge is -2.26. The van der Waals surface area contributed by atoms with Gasteiger partial charge < -0.3 is 14.7 Å². The predicted molar refractivity (Wildman–Crippen MR) is 74.8 cm³/mol. The van der Waals surface area contributed by atoms with Crippen LogP contribution in [0.5, 0.6) is 0 Å². The van der Waals surface area contributed by atoms with Gasteiger partial charge >= 0.3 is 0 Å². The third-order valence-corrected chi connectivity index (χ3v) is 4.48. The molecule has 1 aliphatic rings. The summed E-state index contributed by atoms with van der Waals surface area (Å²) in [7, 11) is 2.09. The average molecular weight is 269 g/mol. The fourth-order valence-electron chi connectivity index (χ4n) is 2.18. The first-order valence-corrected chi connectivity index (χ1v) is 7.53. The molecule has 0 bridgehead atoms. The van der Waals surface area contributed by atoms with E-state index >= 15 is 0 Å². The van der Waals surface area contributed by atoms with Crippen molar-refractivity contribution < 1.29 is 9.84 Å². The number of nitrogens with zero attached hydrogens (tertiary/aromatic N) is 1. The highest BCUT2D eigenvalue weighted by atomic mass is 32.1. The molecule has 2 rings (SSSR count). The van der Waals surface area contributed by atoms with E-state index in [9.17, 15) is 5.11 Å². The average Bonchev–Trinajstić information content (AvgIpc) is 3.06. The first-order valence-electron chi connectivity index (χ1n) is 6.65. The van der Waals surface area contributed by atoms with Gasteiger partial charge in [0.05, 0.1) is 19.3 Å². The summed E-state index contributed by atoms with van der Waals surface area (Å²) in [5, 5.41) is 12.0. The topological polar surface area (TPSA) is 32.7 Å². The van der Waals surface area contributed by atoms with Gasteiger partial charge in [0.15, 0.2) is 0 Å². The third kappa shape index (κ3) is 4.35. The van der Waals surface area contributed by atoms with Crippen molar-refractivity contribution in [3.63, 3.8) is 0 Å². The minimum Gasteiger partial charge on any atom is -0.389 e. The van der Waals surface area contributed by atoms with Crippen LogP contribution in [-0.4, -0.2) is 42.4 Å². The maximum Gasteiger partial charge on any atom is 0.0900 e. The maximum atomic E-state index is 9.94. The van der Waals surface area contributed by atoms with Crippen molar-refractivity contribution in [2.24, 2.45) is 5.92 Å². The molecule has 0 radical (unpaired) electrons. The van der Waals surface area contributed by atoms with Crippen LogP contribution in [0.25, 0.3) is 0 Å². The minimum atomic E-state index is -0.392. The van der Waals surface area contributed by atoms with E-state index in [4.69, 9.17) is 4.74 Å². The molecule has 0 aromatic carbocycles. The van der Waals surface area contributed by atoms with Crippen LogP contribution in [0, 0.1) is 5.92 Å². The summed E-state index contributed by atoms with van der Waals surface area (Å²) in [6, 6.07) is 4.65. The lowest BCUT2D eigenvalue weighted by molar-refractivity contribution is 0.00807. The number of hydrogen-bond acceptors (Lipinski definition) is 4. The molecule has 4 heteroatoms. The second-order valence-electron chi connectivity index (χ2n) is 5.27. The Kier molecular flexibility index (Phi) is 5.18. The van der Waals surface area contributed by atoms with E-state index in [2.05, 4.69) is 24.9 Å². The zero-order chi connectivity index (χ0) is 13.0. The summed E-state index contributed by atoms with van der Waals surface area (Å²) in [5.41, 5.74) is 0. The molecular formula is C14H23NO2S. The summed E-state index contributed by atoms with van der Waals surface area (Å²) < 4.78 is 5.53. The zero-order valence-corrected chi connectivity index (χ0v) is 12.0. The second-order valence-corrected chi connectivity index (χ2v) is 6.30. The molecule has 102 valence electrons. The van der Waals surface area contributed by atoms with Crippen molar-refractivity contribution in [2.75, 3.05) is 20.2 Å². The van der Waals surface area contributed by atoms with E-state index in [1.807, 2.05) is 11.4 Å². The first-order chi connectivity index (χ1) is 8.66. The number of ether oxygens (including phenoxy) is 1. The normalized spacial score (nSPS) is 19.1. The quantitative estimate of drug-likeness (QED) is 0.786. The summed E-state index contributed by atoms with van der Waals surface area (Å²) in [4.78, 5) is 3.46. The molecule has 1 aliphatic carbocycles. The van der Waals surface area contributed by atoms with Gasteiger partial charge in [0, 0.05) is 17.5 Å². The smallest absolute Gasteiger partial charge is 0.0900 e. The predicted octanol–water partition coefficient (Wildman–Crippen LogP) is 2.36. The van der Waals surface area contributed by atoms with Crippen LogP contribution in [0.2, 0.25) is 0 Å². The number of likely N-dealkylation sites (N-methyl/N-ethyl adjacent to an activating group) is 1. The summed E-state index contributed by atoms with van der Waals surface area (Å²) >= 11 is 1.69. The zero-order valence-electron chi connectivity index (χ0n) is 11.2. The SMILES string of the molecule is CC(C1CC1)N(C)CC(O)COCc1cccs1. The molecule has 0 amide bonds. The lowest BCUT2D eigenvalue weighted by Crippen LogP contribution is -2.38. The van der Waals surface area contributed by atoms with Crippen LogP contribution in [-0.2, 0) is 11.3 Å². The number of aliphatic hydroxyl groups excluding tert-OH is 1. The van der Waals surface area contributed by atoms with Gasteiger partial charge in [-0.2, -0.15) is 0 Å². The number of hydrogen-bond donors (Lipinski definition) is 1. The highest BCUT2D eigenvalue weighted by Crippen LogP contribution is 2.34. The van der Waals surface area contributed by atoms with Crippen molar-refractivity contribution in [2.45, 2.75) is 38.5 Å². The molecule has 3 nitrogen and oxygen atoms in total.